The molecule has 0 spiro atoms. The first-order valence-corrected chi connectivity index (χ1v) is 15.4. The summed E-state index contributed by atoms with van der Waals surface area (Å²) in [7, 11) is 0. The van der Waals surface area contributed by atoms with Crippen molar-refractivity contribution in [1.29, 1.82) is 0 Å². The van der Waals surface area contributed by atoms with Gasteiger partial charge >= 0.3 is 0 Å². The largest absolute Gasteiger partial charge is 0.490 e. The molecule has 8 nitrogen and oxygen atoms in total. The van der Waals surface area contributed by atoms with Gasteiger partial charge in [-0.2, -0.15) is 15.1 Å². The zero-order valence-corrected chi connectivity index (χ0v) is 24.4. The Labute approximate surface area is 244 Å². The fourth-order valence-electron chi connectivity index (χ4n) is 5.35. The van der Waals surface area contributed by atoms with E-state index in [1.54, 1.807) is 6.21 Å². The molecule has 2 aliphatic heterocycles. The number of para-hydroxylation sites is 1. The normalized spacial score (nSPS) is 15.1. The quantitative estimate of drug-likeness (QED) is 0.127. The van der Waals surface area contributed by atoms with Gasteiger partial charge in [0, 0.05) is 37.8 Å². The minimum Gasteiger partial charge on any atom is -0.490 e. The summed E-state index contributed by atoms with van der Waals surface area (Å²) in [5.41, 5.74) is 5.40. The highest BCUT2D eigenvalue weighted by Crippen LogP contribution is 2.26. The number of aromatic nitrogens is 2. The lowest BCUT2D eigenvalue weighted by molar-refractivity contribution is 0.217. The Morgan fingerprint density at radius 2 is 1.56 bits per heavy atom. The monoisotopic (exact) mass is 556 g/mol. The minimum absolute atomic E-state index is 0.446. The van der Waals surface area contributed by atoms with Gasteiger partial charge in [0.05, 0.1) is 6.21 Å². The molecule has 41 heavy (non-hydrogen) atoms. The van der Waals surface area contributed by atoms with Gasteiger partial charge in [-0.1, -0.05) is 50.5 Å². The van der Waals surface area contributed by atoms with Gasteiger partial charge in [-0.15, -0.1) is 0 Å². The fraction of sp³-hybridized carbons (Fsp3) is 0.485. The average Bonchev–Trinajstić information content (AvgIpc) is 3.75. The van der Waals surface area contributed by atoms with E-state index in [-0.39, 0.29) is 0 Å². The molecular formula is C33H44N6O2. The van der Waals surface area contributed by atoms with E-state index >= 15 is 0 Å². The molecule has 2 fully saturated rings. The summed E-state index contributed by atoms with van der Waals surface area (Å²) < 4.78 is 12.0. The third-order valence-electron chi connectivity index (χ3n) is 7.67. The van der Waals surface area contributed by atoms with Crippen molar-refractivity contribution in [1.82, 2.24) is 9.97 Å². The summed E-state index contributed by atoms with van der Waals surface area (Å²) in [4.78, 5) is 14.3. The van der Waals surface area contributed by atoms with Crippen molar-refractivity contribution in [2.75, 3.05) is 54.6 Å². The van der Waals surface area contributed by atoms with Crippen molar-refractivity contribution in [3.05, 3.63) is 65.7 Å². The van der Waals surface area contributed by atoms with Crippen LogP contribution in [-0.2, 0) is 6.42 Å². The second-order valence-electron chi connectivity index (χ2n) is 10.9. The van der Waals surface area contributed by atoms with E-state index < -0.39 is 0 Å². The molecule has 1 N–H and O–H groups in total. The van der Waals surface area contributed by atoms with E-state index in [4.69, 9.17) is 19.4 Å². The van der Waals surface area contributed by atoms with Crippen LogP contribution in [0, 0.1) is 0 Å². The van der Waals surface area contributed by atoms with Crippen LogP contribution in [0.3, 0.4) is 0 Å². The highest BCUT2D eigenvalue weighted by atomic mass is 16.5. The Morgan fingerprint density at radius 1 is 0.829 bits per heavy atom. The predicted octanol–water partition coefficient (Wildman–Crippen LogP) is 6.70. The smallest absolute Gasteiger partial charge is 0.229 e. The number of nitrogens with one attached hydrogen (secondary N) is 1. The molecule has 3 aromatic rings. The van der Waals surface area contributed by atoms with Gasteiger partial charge in [0.2, 0.25) is 5.95 Å². The van der Waals surface area contributed by atoms with E-state index in [9.17, 15) is 0 Å². The highest BCUT2D eigenvalue weighted by Gasteiger charge is 2.20. The van der Waals surface area contributed by atoms with Gasteiger partial charge in [-0.3, -0.25) is 5.43 Å². The van der Waals surface area contributed by atoms with Gasteiger partial charge in [0.25, 0.3) is 0 Å². The molecule has 0 atom stereocenters. The Balaban J connectivity index is 1.13. The third kappa shape index (κ3) is 8.59. The van der Waals surface area contributed by atoms with Crippen LogP contribution in [0.5, 0.6) is 11.5 Å². The number of unbranched alkanes of at least 4 members (excludes halogenated alkanes) is 3. The van der Waals surface area contributed by atoms with Crippen molar-refractivity contribution in [3.8, 4) is 11.5 Å². The summed E-state index contributed by atoms with van der Waals surface area (Å²) in [6.45, 7) is 7.25. The Morgan fingerprint density at radius 3 is 2.34 bits per heavy atom. The second kappa shape index (κ2) is 15.3. The maximum atomic E-state index is 6.05. The highest BCUT2D eigenvalue weighted by molar-refractivity contribution is 5.84. The number of anilines is 3. The maximum absolute atomic E-state index is 6.05. The SMILES string of the molecule is CCCCCCc1ccc(OCCOc2ccccc2/C=N/Nc2cc(N3CCCC3)nc(N3CCCC3)n2)cc1. The van der Waals surface area contributed by atoms with E-state index in [1.807, 2.05) is 30.3 Å². The molecule has 0 aliphatic carbocycles. The van der Waals surface area contributed by atoms with Gasteiger partial charge < -0.3 is 19.3 Å². The first kappa shape index (κ1) is 28.7. The molecule has 0 unspecified atom stereocenters. The minimum atomic E-state index is 0.446. The molecule has 0 radical (unpaired) electrons. The summed E-state index contributed by atoms with van der Waals surface area (Å²) in [6.07, 6.45) is 12.8. The number of hydrazone groups is 1. The van der Waals surface area contributed by atoms with Gasteiger partial charge in [0.15, 0.2) is 5.82 Å². The summed E-state index contributed by atoms with van der Waals surface area (Å²) in [5, 5.41) is 4.51. The van der Waals surface area contributed by atoms with E-state index in [0.29, 0.717) is 19.0 Å². The van der Waals surface area contributed by atoms with Crippen LogP contribution in [0.1, 0.15) is 69.4 Å². The van der Waals surface area contributed by atoms with E-state index in [1.165, 1.54) is 56.9 Å². The summed E-state index contributed by atoms with van der Waals surface area (Å²) >= 11 is 0. The van der Waals surface area contributed by atoms with Crippen molar-refractivity contribution in [2.45, 2.75) is 64.7 Å². The first-order chi connectivity index (χ1) is 20.3. The molecule has 0 bridgehead atoms. The predicted molar refractivity (Wildman–Crippen MR) is 168 cm³/mol. The van der Waals surface area contributed by atoms with Gasteiger partial charge in [0.1, 0.15) is 30.5 Å². The van der Waals surface area contributed by atoms with Crippen molar-refractivity contribution >= 4 is 23.8 Å². The molecule has 3 heterocycles. The summed E-state index contributed by atoms with van der Waals surface area (Å²) in [6, 6.07) is 18.3. The number of rotatable bonds is 15. The van der Waals surface area contributed by atoms with Crippen LogP contribution < -0.4 is 24.7 Å². The number of nitrogens with zero attached hydrogens (tertiary/aromatic N) is 5. The third-order valence-corrected chi connectivity index (χ3v) is 7.67. The van der Waals surface area contributed by atoms with Crippen LogP contribution in [-0.4, -0.2) is 55.6 Å². The van der Waals surface area contributed by atoms with Crippen molar-refractivity contribution < 1.29 is 9.47 Å². The van der Waals surface area contributed by atoms with Crippen molar-refractivity contribution in [2.24, 2.45) is 5.10 Å². The second-order valence-corrected chi connectivity index (χ2v) is 10.9. The number of ether oxygens (including phenoxy) is 2. The number of aryl methyl sites for hydroxylation is 1. The standard InChI is InChI=1S/C33H44N6O2/c1-2-3-4-5-12-27-15-17-29(18-16-27)40-23-24-41-30-14-7-6-13-28(30)26-34-37-31-25-32(38-19-8-9-20-38)36-33(35-31)39-21-10-11-22-39/h6-7,13-18,25-26H,2-5,8-12,19-24H2,1H3,(H,35,36,37)/b34-26+. The molecule has 8 heteroatoms. The molecule has 2 aliphatic rings. The van der Waals surface area contributed by atoms with Crippen LogP contribution in [0.25, 0.3) is 0 Å². The number of benzene rings is 2. The van der Waals surface area contributed by atoms with Gasteiger partial charge in [-0.25, -0.2) is 0 Å². The molecule has 218 valence electrons. The van der Waals surface area contributed by atoms with E-state index in [0.717, 1.165) is 61.4 Å². The first-order valence-electron chi connectivity index (χ1n) is 15.4. The van der Waals surface area contributed by atoms with Crippen molar-refractivity contribution in [3.63, 3.8) is 0 Å². The Hall–Kier alpha value is -3.81. The number of hydrogen-bond acceptors (Lipinski definition) is 8. The zero-order valence-electron chi connectivity index (χ0n) is 24.4. The topological polar surface area (TPSA) is 75.1 Å². The number of hydrogen-bond donors (Lipinski definition) is 1. The Kier molecular flexibility index (Phi) is 10.7. The lowest BCUT2D eigenvalue weighted by atomic mass is 10.1. The Bertz CT molecular complexity index is 1200. The molecule has 2 saturated heterocycles. The maximum Gasteiger partial charge on any atom is 0.229 e. The average molecular weight is 557 g/mol. The fourth-order valence-corrected chi connectivity index (χ4v) is 5.35. The molecule has 0 amide bonds. The molecule has 2 aromatic carbocycles. The zero-order chi connectivity index (χ0) is 28.1. The van der Waals surface area contributed by atoms with E-state index in [2.05, 4.69) is 51.5 Å². The van der Waals surface area contributed by atoms with Crippen LogP contribution in [0.4, 0.5) is 17.6 Å². The molecule has 1 aromatic heterocycles. The lowest BCUT2D eigenvalue weighted by Crippen LogP contribution is -2.24. The van der Waals surface area contributed by atoms with Crippen LogP contribution in [0.15, 0.2) is 59.7 Å². The molecule has 5 rings (SSSR count). The molecular weight excluding hydrogens is 512 g/mol. The van der Waals surface area contributed by atoms with Crippen LogP contribution >= 0.6 is 0 Å². The van der Waals surface area contributed by atoms with Crippen LogP contribution in [0.2, 0.25) is 0 Å². The summed E-state index contributed by atoms with van der Waals surface area (Å²) in [5.74, 6) is 4.11. The molecule has 0 saturated carbocycles. The lowest BCUT2D eigenvalue weighted by Gasteiger charge is -2.21. The van der Waals surface area contributed by atoms with Gasteiger partial charge in [-0.05, 0) is 68.4 Å².